The van der Waals surface area contributed by atoms with E-state index in [4.69, 9.17) is 0 Å². The van der Waals surface area contributed by atoms with Gasteiger partial charge in [0.2, 0.25) is 5.91 Å². The first-order valence-corrected chi connectivity index (χ1v) is 7.88. The molecule has 2 aliphatic rings. The molecule has 3 rings (SSSR count). The first-order valence-electron chi connectivity index (χ1n) is 7.88. The second-order valence-corrected chi connectivity index (χ2v) is 6.17. The Bertz CT molecular complexity index is 434. The molecule has 0 unspecified atom stereocenters. The Labute approximate surface area is 121 Å². The number of piperidine rings is 1. The van der Waals surface area contributed by atoms with E-state index in [1.807, 2.05) is 0 Å². The molecule has 1 aromatic carbocycles. The highest BCUT2D eigenvalue weighted by Crippen LogP contribution is 2.26. The molecule has 20 heavy (non-hydrogen) atoms. The number of nitrogens with one attached hydrogen (secondary N) is 1. The van der Waals surface area contributed by atoms with Gasteiger partial charge in [0.15, 0.2) is 0 Å². The Morgan fingerprint density at radius 3 is 2.40 bits per heavy atom. The monoisotopic (exact) mass is 272 g/mol. The number of carbonyl (C=O) groups excluding carboxylic acids is 1. The predicted molar refractivity (Wildman–Crippen MR) is 80.2 cm³/mol. The van der Waals surface area contributed by atoms with E-state index in [-0.39, 0.29) is 0 Å². The molecule has 1 heterocycles. The van der Waals surface area contributed by atoms with Crippen molar-refractivity contribution in [3.05, 3.63) is 35.9 Å². The summed E-state index contributed by atoms with van der Waals surface area (Å²) in [5, 5.41) is 3.24. The fourth-order valence-corrected chi connectivity index (χ4v) is 3.07. The molecule has 1 aliphatic carbocycles. The van der Waals surface area contributed by atoms with Crippen molar-refractivity contribution in [3.63, 3.8) is 0 Å². The number of carbonyl (C=O) groups is 1. The topological polar surface area (TPSA) is 32.3 Å². The minimum atomic E-state index is 0.303. The average Bonchev–Trinajstić information content (AvgIpc) is 2.40. The van der Waals surface area contributed by atoms with Gasteiger partial charge in [-0.15, -0.1) is 0 Å². The smallest absolute Gasteiger partial charge is 0.223 e. The fourth-order valence-electron chi connectivity index (χ4n) is 3.07. The van der Waals surface area contributed by atoms with Crippen LogP contribution in [0, 0.1) is 5.92 Å². The fraction of sp³-hybridized carbons (Fsp3) is 0.588. The Morgan fingerprint density at radius 2 is 1.80 bits per heavy atom. The summed E-state index contributed by atoms with van der Waals surface area (Å²) in [6, 6.07) is 11.0. The standard InChI is InChI=1S/C17H24N2O/c20-17(15-7-4-8-15)18-16-9-11-19(12-10-16)13-14-5-2-1-3-6-14/h1-3,5-6,15-16H,4,7-13H2,(H,18,20). The van der Waals surface area contributed by atoms with Crippen molar-refractivity contribution in [3.8, 4) is 0 Å². The summed E-state index contributed by atoms with van der Waals surface area (Å²) in [5.41, 5.74) is 1.38. The molecular formula is C17H24N2O. The van der Waals surface area contributed by atoms with E-state index < -0.39 is 0 Å². The van der Waals surface area contributed by atoms with Crippen LogP contribution in [0.15, 0.2) is 30.3 Å². The van der Waals surface area contributed by atoms with Crippen LogP contribution in [-0.2, 0) is 11.3 Å². The van der Waals surface area contributed by atoms with E-state index >= 15 is 0 Å². The van der Waals surface area contributed by atoms with Crippen molar-refractivity contribution in [1.29, 1.82) is 0 Å². The molecule has 0 radical (unpaired) electrons. The van der Waals surface area contributed by atoms with Gasteiger partial charge >= 0.3 is 0 Å². The van der Waals surface area contributed by atoms with Crippen molar-refractivity contribution < 1.29 is 4.79 Å². The summed E-state index contributed by atoms with van der Waals surface area (Å²) < 4.78 is 0. The third kappa shape index (κ3) is 3.40. The second-order valence-electron chi connectivity index (χ2n) is 6.17. The van der Waals surface area contributed by atoms with Crippen LogP contribution >= 0.6 is 0 Å². The zero-order valence-corrected chi connectivity index (χ0v) is 12.1. The average molecular weight is 272 g/mol. The molecule has 2 fully saturated rings. The van der Waals surface area contributed by atoms with Gasteiger partial charge in [0.05, 0.1) is 0 Å². The van der Waals surface area contributed by atoms with Crippen LogP contribution in [0.4, 0.5) is 0 Å². The van der Waals surface area contributed by atoms with Crippen molar-refractivity contribution in [1.82, 2.24) is 10.2 Å². The highest BCUT2D eigenvalue weighted by atomic mass is 16.2. The van der Waals surface area contributed by atoms with Gasteiger partial charge in [-0.3, -0.25) is 9.69 Å². The van der Waals surface area contributed by atoms with Crippen molar-refractivity contribution >= 4 is 5.91 Å². The minimum absolute atomic E-state index is 0.303. The second kappa shape index (κ2) is 6.40. The number of amides is 1. The SMILES string of the molecule is O=C(NC1CCN(Cc2ccccc2)CC1)C1CCC1. The van der Waals surface area contributed by atoms with E-state index in [0.29, 0.717) is 17.9 Å². The Balaban J connectivity index is 1.41. The van der Waals surface area contributed by atoms with Gasteiger partial charge in [0.25, 0.3) is 0 Å². The summed E-state index contributed by atoms with van der Waals surface area (Å²) >= 11 is 0. The first-order chi connectivity index (χ1) is 9.81. The lowest BCUT2D eigenvalue weighted by atomic mass is 9.84. The summed E-state index contributed by atoms with van der Waals surface area (Å²) in [7, 11) is 0. The quantitative estimate of drug-likeness (QED) is 0.913. The van der Waals surface area contributed by atoms with Crippen LogP contribution in [0.1, 0.15) is 37.7 Å². The molecule has 1 N–H and O–H groups in total. The summed E-state index contributed by atoms with van der Waals surface area (Å²) in [6.07, 6.45) is 5.60. The molecule has 1 aliphatic heterocycles. The first kappa shape index (κ1) is 13.6. The molecular weight excluding hydrogens is 248 g/mol. The lowest BCUT2D eigenvalue weighted by molar-refractivity contribution is -0.128. The summed E-state index contributed by atoms with van der Waals surface area (Å²) in [6.45, 7) is 3.21. The van der Waals surface area contributed by atoms with Gasteiger partial charge in [-0.05, 0) is 31.2 Å². The molecule has 0 atom stereocenters. The van der Waals surface area contributed by atoms with Crippen LogP contribution in [-0.4, -0.2) is 29.9 Å². The number of benzene rings is 1. The third-order valence-electron chi connectivity index (χ3n) is 4.66. The number of likely N-dealkylation sites (tertiary alicyclic amines) is 1. The van der Waals surface area contributed by atoms with Gasteiger partial charge < -0.3 is 5.32 Å². The van der Waals surface area contributed by atoms with Crippen LogP contribution in [0.25, 0.3) is 0 Å². The normalized spacial score (nSPS) is 21.4. The van der Waals surface area contributed by atoms with Gasteiger partial charge in [-0.2, -0.15) is 0 Å². The minimum Gasteiger partial charge on any atom is -0.353 e. The van der Waals surface area contributed by atoms with E-state index in [2.05, 4.69) is 40.5 Å². The van der Waals surface area contributed by atoms with E-state index in [0.717, 1.165) is 45.3 Å². The van der Waals surface area contributed by atoms with Crippen molar-refractivity contribution in [2.45, 2.75) is 44.7 Å². The van der Waals surface area contributed by atoms with Gasteiger partial charge in [0, 0.05) is 31.6 Å². The molecule has 3 heteroatoms. The number of hydrogen-bond acceptors (Lipinski definition) is 2. The van der Waals surface area contributed by atoms with Crippen LogP contribution < -0.4 is 5.32 Å². The molecule has 0 aromatic heterocycles. The number of rotatable bonds is 4. The highest BCUT2D eigenvalue weighted by Gasteiger charge is 2.28. The predicted octanol–water partition coefficient (Wildman–Crippen LogP) is 2.57. The van der Waals surface area contributed by atoms with Crippen molar-refractivity contribution in [2.75, 3.05) is 13.1 Å². The van der Waals surface area contributed by atoms with Crippen LogP contribution in [0.5, 0.6) is 0 Å². The van der Waals surface area contributed by atoms with Crippen LogP contribution in [0.3, 0.4) is 0 Å². The summed E-state index contributed by atoms with van der Waals surface area (Å²) in [5.74, 6) is 0.620. The lowest BCUT2D eigenvalue weighted by Gasteiger charge is -2.34. The van der Waals surface area contributed by atoms with E-state index in [9.17, 15) is 4.79 Å². The molecule has 3 nitrogen and oxygen atoms in total. The molecule has 1 saturated carbocycles. The molecule has 108 valence electrons. The maximum Gasteiger partial charge on any atom is 0.223 e. The maximum atomic E-state index is 11.9. The Morgan fingerprint density at radius 1 is 1.10 bits per heavy atom. The zero-order valence-electron chi connectivity index (χ0n) is 12.1. The van der Waals surface area contributed by atoms with Gasteiger partial charge in [-0.25, -0.2) is 0 Å². The Kier molecular flexibility index (Phi) is 4.36. The van der Waals surface area contributed by atoms with Gasteiger partial charge in [0.1, 0.15) is 0 Å². The molecule has 1 saturated heterocycles. The van der Waals surface area contributed by atoms with Gasteiger partial charge in [-0.1, -0.05) is 36.8 Å². The molecule has 0 bridgehead atoms. The molecule has 1 amide bonds. The maximum absolute atomic E-state index is 11.9. The van der Waals surface area contributed by atoms with Crippen LogP contribution in [0.2, 0.25) is 0 Å². The summed E-state index contributed by atoms with van der Waals surface area (Å²) in [4.78, 5) is 14.4. The zero-order chi connectivity index (χ0) is 13.8. The lowest BCUT2D eigenvalue weighted by Crippen LogP contribution is -2.47. The molecule has 0 spiro atoms. The Hall–Kier alpha value is -1.35. The molecule has 1 aromatic rings. The third-order valence-corrected chi connectivity index (χ3v) is 4.66. The highest BCUT2D eigenvalue weighted by molar-refractivity contribution is 5.79. The van der Waals surface area contributed by atoms with E-state index in [1.54, 1.807) is 0 Å². The number of hydrogen-bond donors (Lipinski definition) is 1. The largest absolute Gasteiger partial charge is 0.353 e. The van der Waals surface area contributed by atoms with E-state index in [1.165, 1.54) is 12.0 Å². The number of nitrogens with zero attached hydrogens (tertiary/aromatic N) is 1. The van der Waals surface area contributed by atoms with Crippen molar-refractivity contribution in [2.24, 2.45) is 5.92 Å².